The molecule has 1 atom stereocenters. The van der Waals surface area contributed by atoms with Crippen LogP contribution >= 0.6 is 11.6 Å². The van der Waals surface area contributed by atoms with Crippen LogP contribution < -0.4 is 5.32 Å². The molecule has 1 amide bonds. The molecule has 0 aromatic heterocycles. The Kier molecular flexibility index (Phi) is 5.40. The molecule has 0 aliphatic rings. The van der Waals surface area contributed by atoms with Gasteiger partial charge in [0, 0.05) is 11.4 Å². The van der Waals surface area contributed by atoms with E-state index in [2.05, 4.69) is 5.32 Å². The third-order valence-corrected chi connectivity index (χ3v) is 3.49. The molecular weight excluding hydrogens is 282 g/mol. The molecule has 2 nitrogen and oxygen atoms in total. The summed E-state index contributed by atoms with van der Waals surface area (Å²) < 4.78 is 0. The summed E-state index contributed by atoms with van der Waals surface area (Å²) in [6.07, 6.45) is 0.525. The van der Waals surface area contributed by atoms with Gasteiger partial charge < -0.3 is 5.32 Å². The van der Waals surface area contributed by atoms with Crippen molar-refractivity contribution in [1.82, 2.24) is 5.32 Å². The van der Waals surface area contributed by atoms with Crippen LogP contribution in [-0.4, -0.2) is 5.91 Å². The van der Waals surface area contributed by atoms with E-state index in [4.69, 9.17) is 11.6 Å². The summed E-state index contributed by atoms with van der Waals surface area (Å²) in [6.45, 7) is 4.08. The highest BCUT2D eigenvalue weighted by Crippen LogP contribution is 2.23. The molecule has 2 aromatic rings. The molecule has 21 heavy (non-hydrogen) atoms. The lowest BCUT2D eigenvalue weighted by Gasteiger charge is -2.20. The average Bonchev–Trinajstić information content (AvgIpc) is 2.46. The number of amides is 1. The van der Waals surface area contributed by atoms with Crippen LogP contribution in [0.25, 0.3) is 0 Å². The van der Waals surface area contributed by atoms with Gasteiger partial charge in [-0.15, -0.1) is 0 Å². The van der Waals surface area contributed by atoms with Crippen LogP contribution in [0.15, 0.2) is 54.6 Å². The maximum Gasteiger partial charge on any atom is 0.221 e. The second-order valence-corrected chi connectivity index (χ2v) is 6.00. The van der Waals surface area contributed by atoms with Crippen molar-refractivity contribution in [2.45, 2.75) is 26.3 Å². The first-order chi connectivity index (χ1) is 10.1. The van der Waals surface area contributed by atoms with Gasteiger partial charge in [-0.1, -0.05) is 67.9 Å². The number of rotatable bonds is 5. The molecule has 0 saturated carbocycles. The number of carbonyl (C=O) groups excluding carboxylic acids is 1. The number of hydrogen-bond donors (Lipinski definition) is 1. The van der Waals surface area contributed by atoms with Gasteiger partial charge in [0.2, 0.25) is 5.91 Å². The molecule has 0 aliphatic heterocycles. The molecule has 0 heterocycles. The highest BCUT2D eigenvalue weighted by molar-refractivity contribution is 6.30. The molecule has 2 aromatic carbocycles. The maximum absolute atomic E-state index is 12.1. The van der Waals surface area contributed by atoms with Gasteiger partial charge in [-0.05, 0) is 29.2 Å². The molecule has 0 fully saturated rings. The standard InChI is InChI=1S/C18H20ClNO/c1-13(2)12-17(21)20-18(14-6-4-3-5-7-14)15-8-10-16(19)11-9-15/h3-11,13,18H,12H2,1-2H3,(H,20,21)/t18-/m1/s1. The van der Waals surface area contributed by atoms with Gasteiger partial charge >= 0.3 is 0 Å². The Labute approximate surface area is 131 Å². The van der Waals surface area contributed by atoms with Crippen LogP contribution in [-0.2, 0) is 4.79 Å². The zero-order valence-corrected chi connectivity index (χ0v) is 13.1. The van der Waals surface area contributed by atoms with E-state index >= 15 is 0 Å². The molecule has 0 spiro atoms. The lowest BCUT2D eigenvalue weighted by molar-refractivity contribution is -0.122. The smallest absolute Gasteiger partial charge is 0.221 e. The normalized spacial score (nSPS) is 12.2. The SMILES string of the molecule is CC(C)CC(=O)N[C@H](c1ccccc1)c1ccc(Cl)cc1. The zero-order chi connectivity index (χ0) is 15.2. The first kappa shape index (κ1) is 15.6. The Morgan fingerprint density at radius 2 is 1.57 bits per heavy atom. The fourth-order valence-corrected chi connectivity index (χ4v) is 2.38. The number of benzene rings is 2. The van der Waals surface area contributed by atoms with Crippen molar-refractivity contribution in [3.8, 4) is 0 Å². The summed E-state index contributed by atoms with van der Waals surface area (Å²) in [5.41, 5.74) is 2.10. The topological polar surface area (TPSA) is 29.1 Å². The quantitative estimate of drug-likeness (QED) is 0.859. The fraction of sp³-hybridized carbons (Fsp3) is 0.278. The van der Waals surface area contributed by atoms with E-state index in [0.29, 0.717) is 17.4 Å². The van der Waals surface area contributed by atoms with Crippen molar-refractivity contribution in [1.29, 1.82) is 0 Å². The van der Waals surface area contributed by atoms with Crippen molar-refractivity contribution >= 4 is 17.5 Å². The minimum Gasteiger partial charge on any atom is -0.345 e. The third-order valence-electron chi connectivity index (χ3n) is 3.24. The summed E-state index contributed by atoms with van der Waals surface area (Å²) in [5, 5.41) is 3.81. The fourth-order valence-electron chi connectivity index (χ4n) is 2.25. The second kappa shape index (κ2) is 7.28. The first-order valence-electron chi connectivity index (χ1n) is 7.16. The predicted molar refractivity (Wildman–Crippen MR) is 87.3 cm³/mol. The Morgan fingerprint density at radius 3 is 2.14 bits per heavy atom. The number of hydrogen-bond acceptors (Lipinski definition) is 1. The molecule has 2 rings (SSSR count). The van der Waals surface area contributed by atoms with E-state index in [9.17, 15) is 4.79 Å². The maximum atomic E-state index is 12.1. The predicted octanol–water partition coefficient (Wildman–Crippen LogP) is 4.59. The largest absolute Gasteiger partial charge is 0.345 e. The number of carbonyl (C=O) groups is 1. The second-order valence-electron chi connectivity index (χ2n) is 5.56. The van der Waals surface area contributed by atoms with E-state index in [1.54, 1.807) is 0 Å². The lowest BCUT2D eigenvalue weighted by atomic mass is 9.98. The average molecular weight is 302 g/mol. The first-order valence-corrected chi connectivity index (χ1v) is 7.54. The molecule has 110 valence electrons. The van der Waals surface area contributed by atoms with E-state index in [0.717, 1.165) is 11.1 Å². The van der Waals surface area contributed by atoms with Gasteiger partial charge in [-0.3, -0.25) is 4.79 Å². The van der Waals surface area contributed by atoms with Crippen molar-refractivity contribution in [2.24, 2.45) is 5.92 Å². The van der Waals surface area contributed by atoms with Gasteiger partial charge in [-0.2, -0.15) is 0 Å². The summed E-state index contributed by atoms with van der Waals surface area (Å²) in [4.78, 5) is 12.1. The van der Waals surface area contributed by atoms with E-state index < -0.39 is 0 Å². The zero-order valence-electron chi connectivity index (χ0n) is 12.3. The molecule has 0 saturated heterocycles. The van der Waals surface area contributed by atoms with Crippen molar-refractivity contribution in [3.63, 3.8) is 0 Å². The molecule has 3 heteroatoms. The number of halogens is 1. The summed E-state index contributed by atoms with van der Waals surface area (Å²) in [7, 11) is 0. The highest BCUT2D eigenvalue weighted by Gasteiger charge is 2.17. The lowest BCUT2D eigenvalue weighted by Crippen LogP contribution is -2.30. The molecule has 0 bridgehead atoms. The summed E-state index contributed by atoms with van der Waals surface area (Å²) >= 11 is 5.95. The van der Waals surface area contributed by atoms with Crippen molar-refractivity contribution < 1.29 is 4.79 Å². The van der Waals surface area contributed by atoms with Gasteiger partial charge in [-0.25, -0.2) is 0 Å². The van der Waals surface area contributed by atoms with Crippen LogP contribution in [0.3, 0.4) is 0 Å². The van der Waals surface area contributed by atoms with Gasteiger partial charge in [0.25, 0.3) is 0 Å². The third kappa shape index (κ3) is 4.61. The van der Waals surface area contributed by atoms with Crippen LogP contribution in [0.4, 0.5) is 0 Å². The van der Waals surface area contributed by atoms with Crippen LogP contribution in [0.1, 0.15) is 37.4 Å². The Hall–Kier alpha value is -1.80. The van der Waals surface area contributed by atoms with Gasteiger partial charge in [0.05, 0.1) is 6.04 Å². The van der Waals surface area contributed by atoms with E-state index in [1.807, 2.05) is 68.4 Å². The minimum atomic E-state index is -0.144. The summed E-state index contributed by atoms with van der Waals surface area (Å²) in [6, 6.07) is 17.4. The minimum absolute atomic E-state index is 0.0637. The highest BCUT2D eigenvalue weighted by atomic mass is 35.5. The summed E-state index contributed by atoms with van der Waals surface area (Å²) in [5.74, 6) is 0.403. The molecule has 0 aliphatic carbocycles. The van der Waals surface area contributed by atoms with E-state index in [1.165, 1.54) is 0 Å². The van der Waals surface area contributed by atoms with Crippen LogP contribution in [0.2, 0.25) is 5.02 Å². The van der Waals surface area contributed by atoms with Crippen molar-refractivity contribution in [3.05, 3.63) is 70.7 Å². The molecule has 0 unspecified atom stereocenters. The molecule has 1 N–H and O–H groups in total. The monoisotopic (exact) mass is 301 g/mol. The number of nitrogens with one attached hydrogen (secondary N) is 1. The Balaban J connectivity index is 2.27. The Bertz CT molecular complexity index is 578. The van der Waals surface area contributed by atoms with Crippen LogP contribution in [0.5, 0.6) is 0 Å². The van der Waals surface area contributed by atoms with Gasteiger partial charge in [0.15, 0.2) is 0 Å². The van der Waals surface area contributed by atoms with Gasteiger partial charge in [0.1, 0.15) is 0 Å². The van der Waals surface area contributed by atoms with E-state index in [-0.39, 0.29) is 11.9 Å². The van der Waals surface area contributed by atoms with Crippen LogP contribution in [0, 0.1) is 5.92 Å². The van der Waals surface area contributed by atoms with Crippen molar-refractivity contribution in [2.75, 3.05) is 0 Å². The Morgan fingerprint density at radius 1 is 1.00 bits per heavy atom. The molecule has 0 radical (unpaired) electrons. The molecular formula is C18H20ClNO.